The van der Waals surface area contributed by atoms with Crippen molar-refractivity contribution in [3.63, 3.8) is 0 Å². The van der Waals surface area contributed by atoms with Gasteiger partial charge in [0.1, 0.15) is 0 Å². The van der Waals surface area contributed by atoms with Gasteiger partial charge in [0.15, 0.2) is 5.76 Å². The molecule has 1 aromatic heterocycles. The Kier molecular flexibility index (Phi) is 6.66. The second-order valence-electron chi connectivity index (χ2n) is 9.79. The lowest BCUT2D eigenvalue weighted by molar-refractivity contribution is -0.140. The van der Waals surface area contributed by atoms with Crippen LogP contribution in [-0.2, 0) is 28.0 Å². The molecule has 1 N–H and O–H groups in total. The van der Waals surface area contributed by atoms with Gasteiger partial charge in [-0.25, -0.2) is 0 Å². The first-order valence-electron chi connectivity index (χ1n) is 12.6. The maximum Gasteiger partial charge on any atom is 0.314 e. The minimum Gasteiger partial charge on any atom is -0.481 e. The van der Waals surface area contributed by atoms with Crippen LogP contribution >= 0.6 is 0 Å². The van der Waals surface area contributed by atoms with Gasteiger partial charge in [0.25, 0.3) is 0 Å². The lowest BCUT2D eigenvalue weighted by atomic mass is 9.93. The molecule has 5 rings (SSSR count). The van der Waals surface area contributed by atoms with Crippen LogP contribution in [0, 0.1) is 6.92 Å². The van der Waals surface area contributed by atoms with Crippen LogP contribution in [0.5, 0.6) is 0 Å². The van der Waals surface area contributed by atoms with Crippen molar-refractivity contribution in [3.8, 4) is 22.5 Å². The van der Waals surface area contributed by atoms with E-state index in [1.54, 1.807) is 6.92 Å². The lowest BCUT2D eigenvalue weighted by Gasteiger charge is -2.21. The second kappa shape index (κ2) is 10.1. The topological polar surface area (TPSA) is 83.6 Å². The first kappa shape index (κ1) is 24.5. The SMILES string of the molecule is CC(=O)N(CCc1c(C)noc1-c1ccc(-c2ccc(C3(C(=O)O)CC3)cc2)cc1)Cc1ccccc1. The standard InChI is InChI=1S/C31H30N2O4/c1-21-28(16-19-33(22(2)34)20-23-6-4-3-5-7-23)29(37-32-21)26-10-8-24(9-11-26)25-12-14-27(15-13-25)31(17-18-31)30(35)36/h3-15H,16-20H2,1-2H3,(H,35,36). The summed E-state index contributed by atoms with van der Waals surface area (Å²) in [7, 11) is 0. The highest BCUT2D eigenvalue weighted by Crippen LogP contribution is 2.48. The van der Waals surface area contributed by atoms with E-state index in [4.69, 9.17) is 4.52 Å². The van der Waals surface area contributed by atoms with Crippen LogP contribution < -0.4 is 0 Å². The molecule has 0 saturated heterocycles. The minimum absolute atomic E-state index is 0.0332. The third-order valence-corrected chi connectivity index (χ3v) is 7.36. The van der Waals surface area contributed by atoms with Gasteiger partial charge in [-0.1, -0.05) is 84.0 Å². The zero-order valence-electron chi connectivity index (χ0n) is 21.1. The summed E-state index contributed by atoms with van der Waals surface area (Å²) < 4.78 is 5.71. The molecule has 3 aromatic carbocycles. The summed E-state index contributed by atoms with van der Waals surface area (Å²) in [6.07, 6.45) is 2.04. The number of carboxylic acid groups (broad SMARTS) is 1. The van der Waals surface area contributed by atoms with Gasteiger partial charge in [0.2, 0.25) is 5.91 Å². The summed E-state index contributed by atoms with van der Waals surface area (Å²) in [5, 5.41) is 13.7. The Bertz CT molecular complexity index is 1400. The number of aliphatic carboxylic acids is 1. The zero-order valence-corrected chi connectivity index (χ0v) is 21.1. The number of nitrogens with zero attached hydrogens (tertiary/aromatic N) is 2. The molecule has 37 heavy (non-hydrogen) atoms. The second-order valence-corrected chi connectivity index (χ2v) is 9.79. The number of aryl methyl sites for hydroxylation is 1. The Hall–Kier alpha value is -4.19. The molecule has 0 spiro atoms. The molecule has 1 heterocycles. The van der Waals surface area contributed by atoms with Crippen molar-refractivity contribution in [2.75, 3.05) is 6.54 Å². The van der Waals surface area contributed by atoms with Gasteiger partial charge in [-0.2, -0.15) is 0 Å². The van der Waals surface area contributed by atoms with Gasteiger partial charge in [-0.3, -0.25) is 9.59 Å². The quantitative estimate of drug-likeness (QED) is 0.307. The Morgan fingerprint density at radius 1 is 0.919 bits per heavy atom. The molecular formula is C31H30N2O4. The largest absolute Gasteiger partial charge is 0.481 e. The van der Waals surface area contributed by atoms with Gasteiger partial charge in [-0.05, 0) is 48.4 Å². The predicted octanol–water partition coefficient (Wildman–Crippen LogP) is 6.02. The molecule has 1 aliphatic rings. The van der Waals surface area contributed by atoms with E-state index in [-0.39, 0.29) is 5.91 Å². The number of aromatic nitrogens is 1. The molecule has 6 nitrogen and oxygen atoms in total. The van der Waals surface area contributed by atoms with Crippen molar-refractivity contribution in [3.05, 3.63) is 101 Å². The molecule has 1 saturated carbocycles. The summed E-state index contributed by atoms with van der Waals surface area (Å²) in [4.78, 5) is 25.7. The van der Waals surface area contributed by atoms with E-state index in [2.05, 4.69) is 5.16 Å². The van der Waals surface area contributed by atoms with Crippen LogP contribution in [0.25, 0.3) is 22.5 Å². The first-order chi connectivity index (χ1) is 17.9. The number of carbonyl (C=O) groups is 2. The molecule has 1 fully saturated rings. The van der Waals surface area contributed by atoms with Crippen molar-refractivity contribution >= 4 is 11.9 Å². The van der Waals surface area contributed by atoms with Crippen LogP contribution in [0.15, 0.2) is 83.4 Å². The van der Waals surface area contributed by atoms with Crippen LogP contribution in [0.2, 0.25) is 0 Å². The Balaban J connectivity index is 1.30. The summed E-state index contributed by atoms with van der Waals surface area (Å²) in [6, 6.07) is 25.9. The fraction of sp³-hybridized carbons (Fsp3) is 0.258. The summed E-state index contributed by atoms with van der Waals surface area (Å²) in [6.45, 7) is 4.66. The average Bonchev–Trinajstić information content (AvgIpc) is 3.65. The van der Waals surface area contributed by atoms with Crippen molar-refractivity contribution < 1.29 is 19.2 Å². The van der Waals surface area contributed by atoms with Crippen molar-refractivity contribution in [1.29, 1.82) is 0 Å². The number of benzene rings is 3. The molecule has 0 radical (unpaired) electrons. The van der Waals surface area contributed by atoms with Crippen molar-refractivity contribution in [1.82, 2.24) is 10.1 Å². The van der Waals surface area contributed by atoms with Crippen LogP contribution in [0.4, 0.5) is 0 Å². The number of carboxylic acids is 1. The zero-order chi connectivity index (χ0) is 26.0. The number of hydrogen-bond donors (Lipinski definition) is 1. The number of rotatable bonds is 9. The van der Waals surface area contributed by atoms with Gasteiger partial charge < -0.3 is 14.5 Å². The van der Waals surface area contributed by atoms with Gasteiger partial charge in [0.05, 0.1) is 11.1 Å². The monoisotopic (exact) mass is 494 g/mol. The van der Waals surface area contributed by atoms with Crippen LogP contribution in [0.3, 0.4) is 0 Å². The molecule has 0 atom stereocenters. The Morgan fingerprint density at radius 3 is 2.08 bits per heavy atom. The third kappa shape index (κ3) is 5.05. The van der Waals surface area contributed by atoms with Crippen LogP contribution in [0.1, 0.15) is 42.1 Å². The van der Waals surface area contributed by atoms with E-state index in [9.17, 15) is 14.7 Å². The van der Waals surface area contributed by atoms with E-state index in [0.29, 0.717) is 32.4 Å². The summed E-state index contributed by atoms with van der Waals surface area (Å²) in [5.41, 5.74) is 6.10. The first-order valence-corrected chi connectivity index (χ1v) is 12.6. The highest BCUT2D eigenvalue weighted by Gasteiger charge is 2.51. The minimum atomic E-state index is -0.741. The van der Waals surface area contributed by atoms with Crippen molar-refractivity contribution in [2.45, 2.75) is 45.1 Å². The Morgan fingerprint density at radius 2 is 1.51 bits per heavy atom. The molecule has 0 bridgehead atoms. The highest BCUT2D eigenvalue weighted by molar-refractivity contribution is 5.85. The van der Waals surface area contributed by atoms with Gasteiger partial charge >= 0.3 is 5.97 Å². The normalized spacial score (nSPS) is 13.8. The Labute approximate surface area is 216 Å². The van der Waals surface area contributed by atoms with E-state index >= 15 is 0 Å². The summed E-state index contributed by atoms with van der Waals surface area (Å²) >= 11 is 0. The van der Waals surface area contributed by atoms with E-state index in [1.807, 2.05) is 90.7 Å². The van der Waals surface area contributed by atoms with E-state index < -0.39 is 11.4 Å². The number of amides is 1. The maximum absolute atomic E-state index is 12.3. The average molecular weight is 495 g/mol. The number of hydrogen-bond acceptors (Lipinski definition) is 4. The fourth-order valence-corrected chi connectivity index (χ4v) is 4.86. The maximum atomic E-state index is 12.3. The smallest absolute Gasteiger partial charge is 0.314 e. The fourth-order valence-electron chi connectivity index (χ4n) is 4.86. The molecule has 1 aliphatic carbocycles. The van der Waals surface area contributed by atoms with Crippen LogP contribution in [-0.4, -0.2) is 33.6 Å². The lowest BCUT2D eigenvalue weighted by Crippen LogP contribution is -2.30. The number of carbonyl (C=O) groups excluding carboxylic acids is 1. The van der Waals surface area contributed by atoms with Crippen molar-refractivity contribution in [2.24, 2.45) is 0 Å². The molecule has 4 aromatic rings. The van der Waals surface area contributed by atoms with Gasteiger partial charge in [-0.15, -0.1) is 0 Å². The molecule has 1 amide bonds. The molecular weight excluding hydrogens is 464 g/mol. The molecule has 0 unspecified atom stereocenters. The third-order valence-electron chi connectivity index (χ3n) is 7.36. The molecule has 0 aliphatic heterocycles. The molecule has 6 heteroatoms. The van der Waals surface area contributed by atoms with Gasteiger partial charge in [0, 0.05) is 31.1 Å². The summed E-state index contributed by atoms with van der Waals surface area (Å²) in [5.74, 6) is 0.0137. The van der Waals surface area contributed by atoms with E-state index in [1.165, 1.54) is 0 Å². The highest BCUT2D eigenvalue weighted by atomic mass is 16.5. The molecule has 188 valence electrons. The predicted molar refractivity (Wildman–Crippen MR) is 142 cm³/mol. The van der Waals surface area contributed by atoms with E-state index in [0.717, 1.165) is 44.8 Å².